The Hall–Kier alpha value is -8.20. The van der Waals surface area contributed by atoms with E-state index in [0.717, 1.165) is 5.69 Å². The van der Waals surface area contributed by atoms with Gasteiger partial charge in [-0.1, -0.05) is 164 Å². The predicted octanol–water partition coefficient (Wildman–Crippen LogP) is 16.5. The number of hydrogen-bond acceptors (Lipinski definition) is 0. The summed E-state index contributed by atoms with van der Waals surface area (Å²) in [5, 5.41) is 20.4. The van der Waals surface area contributed by atoms with Crippen LogP contribution in [-0.2, 0) is 0 Å². The lowest BCUT2D eigenvalue weighted by molar-refractivity contribution is 1.19. The average molecular weight is 785 g/mol. The van der Waals surface area contributed by atoms with Gasteiger partial charge in [0.25, 0.3) is 0 Å². The Kier molecular flexibility index (Phi) is 6.86. The minimum atomic E-state index is 1.16. The largest absolute Gasteiger partial charge is 0.309 e. The molecule has 2 heterocycles. The second-order valence-corrected chi connectivity index (χ2v) is 16.8. The van der Waals surface area contributed by atoms with Crippen LogP contribution < -0.4 is 0 Å². The Bertz CT molecular complexity index is 4200. The van der Waals surface area contributed by atoms with Crippen molar-refractivity contribution < 1.29 is 0 Å². The van der Waals surface area contributed by atoms with Crippen LogP contribution >= 0.6 is 0 Å². The normalized spacial score (nSPS) is 12.2. The third-order valence-corrected chi connectivity index (χ3v) is 13.6. The molecule has 14 aromatic rings. The Morgan fingerprint density at radius 3 is 1.24 bits per heavy atom. The molecular formula is C60H36N2. The zero-order valence-corrected chi connectivity index (χ0v) is 33.7. The first kappa shape index (κ1) is 33.6. The third kappa shape index (κ3) is 4.58. The van der Waals surface area contributed by atoms with Crippen molar-refractivity contribution in [1.82, 2.24) is 9.13 Å². The van der Waals surface area contributed by atoms with Crippen molar-refractivity contribution in [2.24, 2.45) is 0 Å². The van der Waals surface area contributed by atoms with E-state index in [9.17, 15) is 0 Å². The van der Waals surface area contributed by atoms with Gasteiger partial charge < -0.3 is 9.13 Å². The molecule has 0 unspecified atom stereocenters. The van der Waals surface area contributed by atoms with Crippen molar-refractivity contribution >= 4 is 108 Å². The fourth-order valence-electron chi connectivity index (χ4n) is 11.0. The second-order valence-electron chi connectivity index (χ2n) is 16.8. The van der Waals surface area contributed by atoms with Gasteiger partial charge in [-0.05, 0) is 125 Å². The van der Waals surface area contributed by atoms with E-state index in [1.54, 1.807) is 0 Å². The van der Waals surface area contributed by atoms with Crippen LogP contribution in [0.3, 0.4) is 0 Å². The number of hydrogen-bond donors (Lipinski definition) is 0. The average Bonchev–Trinajstić information content (AvgIpc) is 3.85. The highest BCUT2D eigenvalue weighted by molar-refractivity contribution is 6.39. The predicted molar refractivity (Wildman–Crippen MR) is 266 cm³/mol. The SMILES string of the molecule is c1ccc2c(-n3c4ccccc4c4cc(-c5ccc6c(c5)c5ccccc5n6-c5ccc6c7ccccc7c7c8ccccc8c8ccccc8c7c6c5)ccc43)cccc2c1. The molecule has 0 fully saturated rings. The molecule has 0 atom stereocenters. The number of para-hydroxylation sites is 2. The maximum Gasteiger partial charge on any atom is 0.0541 e. The highest BCUT2D eigenvalue weighted by atomic mass is 15.0. The van der Waals surface area contributed by atoms with Gasteiger partial charge in [0.15, 0.2) is 0 Å². The molecule has 2 heteroatoms. The van der Waals surface area contributed by atoms with Crippen LogP contribution in [0.1, 0.15) is 0 Å². The zero-order chi connectivity index (χ0) is 40.5. The van der Waals surface area contributed by atoms with E-state index in [0.29, 0.717) is 0 Å². The Morgan fingerprint density at radius 1 is 0.226 bits per heavy atom. The van der Waals surface area contributed by atoms with Crippen molar-refractivity contribution in [3.8, 4) is 22.5 Å². The molecule has 2 aromatic heterocycles. The number of nitrogens with zero attached hydrogens (tertiary/aromatic N) is 2. The standard InChI is InChI=1S/C60H36N2/c1-2-16-41-37(14-1)15-13-27-54(41)62-56-26-12-10-21-47(56)52-35-39(29-33-58(52)62)38-28-32-57-51(34-38)46-20-9-11-25-55(46)61(57)40-30-31-45-44-19-5-7-23-49(44)59-48-22-6-3-17-42(48)43-18-4-8-24-50(43)60(59)53(45)36-40/h1-36H. The van der Waals surface area contributed by atoms with Crippen LogP contribution in [0.5, 0.6) is 0 Å². The fourth-order valence-corrected chi connectivity index (χ4v) is 11.0. The molecular weight excluding hydrogens is 749 g/mol. The summed E-state index contributed by atoms with van der Waals surface area (Å²) in [6.07, 6.45) is 0. The molecule has 14 rings (SSSR count). The second kappa shape index (κ2) is 12.7. The molecule has 0 saturated carbocycles. The van der Waals surface area contributed by atoms with Gasteiger partial charge in [-0.25, -0.2) is 0 Å². The zero-order valence-electron chi connectivity index (χ0n) is 33.7. The lowest BCUT2D eigenvalue weighted by Gasteiger charge is -2.17. The highest BCUT2D eigenvalue weighted by Gasteiger charge is 2.20. The van der Waals surface area contributed by atoms with Crippen LogP contribution in [0, 0.1) is 0 Å². The molecule has 0 spiro atoms. The maximum absolute atomic E-state index is 2.47. The van der Waals surface area contributed by atoms with Gasteiger partial charge in [-0.3, -0.25) is 0 Å². The van der Waals surface area contributed by atoms with Crippen LogP contribution in [0.25, 0.3) is 131 Å². The number of aromatic nitrogens is 2. The van der Waals surface area contributed by atoms with Crippen LogP contribution in [0.15, 0.2) is 218 Å². The first-order valence-corrected chi connectivity index (χ1v) is 21.5. The smallest absolute Gasteiger partial charge is 0.0541 e. The van der Waals surface area contributed by atoms with Gasteiger partial charge in [0.2, 0.25) is 0 Å². The summed E-state index contributed by atoms with van der Waals surface area (Å²) in [5.41, 5.74) is 9.60. The molecule has 2 nitrogen and oxygen atoms in total. The van der Waals surface area contributed by atoms with E-state index < -0.39 is 0 Å². The van der Waals surface area contributed by atoms with E-state index >= 15 is 0 Å². The fraction of sp³-hybridized carbons (Fsp3) is 0. The van der Waals surface area contributed by atoms with Crippen molar-refractivity contribution in [1.29, 1.82) is 0 Å². The molecule has 0 N–H and O–H groups in total. The van der Waals surface area contributed by atoms with E-state index in [-0.39, 0.29) is 0 Å². The van der Waals surface area contributed by atoms with Crippen molar-refractivity contribution in [3.63, 3.8) is 0 Å². The van der Waals surface area contributed by atoms with Crippen LogP contribution in [0.4, 0.5) is 0 Å². The van der Waals surface area contributed by atoms with Crippen molar-refractivity contribution in [2.45, 2.75) is 0 Å². The van der Waals surface area contributed by atoms with Crippen LogP contribution in [-0.4, -0.2) is 9.13 Å². The molecule has 0 bridgehead atoms. The van der Waals surface area contributed by atoms with Crippen LogP contribution in [0.2, 0.25) is 0 Å². The van der Waals surface area contributed by atoms with Gasteiger partial charge in [-0.15, -0.1) is 0 Å². The summed E-state index contributed by atoms with van der Waals surface area (Å²) in [6.45, 7) is 0. The minimum absolute atomic E-state index is 1.16. The van der Waals surface area contributed by atoms with Crippen molar-refractivity contribution in [2.75, 3.05) is 0 Å². The third-order valence-electron chi connectivity index (χ3n) is 13.6. The molecule has 286 valence electrons. The molecule has 12 aromatic carbocycles. The summed E-state index contributed by atoms with van der Waals surface area (Å²) in [5.74, 6) is 0. The van der Waals surface area contributed by atoms with E-state index in [1.165, 1.54) is 125 Å². The van der Waals surface area contributed by atoms with Gasteiger partial charge in [-0.2, -0.15) is 0 Å². The monoisotopic (exact) mass is 784 g/mol. The first-order valence-electron chi connectivity index (χ1n) is 21.5. The van der Waals surface area contributed by atoms with Gasteiger partial charge >= 0.3 is 0 Å². The summed E-state index contributed by atoms with van der Waals surface area (Å²) in [6, 6.07) is 81.1. The summed E-state index contributed by atoms with van der Waals surface area (Å²) in [4.78, 5) is 0. The molecule has 0 amide bonds. The molecule has 0 aliphatic carbocycles. The van der Waals surface area contributed by atoms with E-state index in [4.69, 9.17) is 0 Å². The molecule has 62 heavy (non-hydrogen) atoms. The van der Waals surface area contributed by atoms with Gasteiger partial charge in [0.1, 0.15) is 0 Å². The minimum Gasteiger partial charge on any atom is -0.309 e. The number of benzene rings is 12. The van der Waals surface area contributed by atoms with E-state index in [1.807, 2.05) is 0 Å². The van der Waals surface area contributed by atoms with Crippen molar-refractivity contribution in [3.05, 3.63) is 218 Å². The molecule has 0 saturated heterocycles. The first-order chi connectivity index (χ1) is 30.8. The summed E-state index contributed by atoms with van der Waals surface area (Å²) >= 11 is 0. The number of fused-ring (bicyclic) bond motifs is 18. The topological polar surface area (TPSA) is 9.86 Å². The lowest BCUT2D eigenvalue weighted by atomic mass is 9.87. The lowest BCUT2D eigenvalue weighted by Crippen LogP contribution is -1.95. The molecule has 0 aliphatic rings. The Balaban J connectivity index is 0.996. The summed E-state index contributed by atoms with van der Waals surface area (Å²) < 4.78 is 4.91. The number of rotatable bonds is 3. The van der Waals surface area contributed by atoms with Gasteiger partial charge in [0, 0.05) is 32.6 Å². The van der Waals surface area contributed by atoms with Gasteiger partial charge in [0.05, 0.1) is 27.8 Å². The molecule has 0 aliphatic heterocycles. The quantitative estimate of drug-likeness (QED) is 0.158. The summed E-state index contributed by atoms with van der Waals surface area (Å²) in [7, 11) is 0. The van der Waals surface area contributed by atoms with E-state index in [2.05, 4.69) is 228 Å². The Morgan fingerprint density at radius 2 is 0.645 bits per heavy atom. The Labute approximate surface area is 356 Å². The molecule has 0 radical (unpaired) electrons. The maximum atomic E-state index is 2.47. The highest BCUT2D eigenvalue weighted by Crippen LogP contribution is 2.45.